The molecule has 5 heteroatoms. The number of fused-ring (bicyclic) bond motifs is 1. The summed E-state index contributed by atoms with van der Waals surface area (Å²) >= 11 is 0. The average Bonchev–Trinajstić information content (AvgIpc) is 2.84. The van der Waals surface area contributed by atoms with E-state index in [1.54, 1.807) is 6.07 Å². The number of hydrogen-bond acceptors (Lipinski definition) is 3. The van der Waals surface area contributed by atoms with E-state index in [-0.39, 0.29) is 29.9 Å². The van der Waals surface area contributed by atoms with Crippen LogP contribution in [0, 0.1) is 5.92 Å². The van der Waals surface area contributed by atoms with Gasteiger partial charge in [-0.15, -0.1) is 0 Å². The van der Waals surface area contributed by atoms with Crippen LogP contribution in [0.15, 0.2) is 66.7 Å². The van der Waals surface area contributed by atoms with Crippen molar-refractivity contribution in [2.75, 3.05) is 6.54 Å². The zero-order valence-electron chi connectivity index (χ0n) is 18.2. The third-order valence-corrected chi connectivity index (χ3v) is 6.30. The molecule has 0 heterocycles. The molecule has 1 atom stereocenters. The molecular formula is C27H30N2O3. The summed E-state index contributed by atoms with van der Waals surface area (Å²) in [4.78, 5) is 25.2. The Labute approximate surface area is 188 Å². The van der Waals surface area contributed by atoms with Gasteiger partial charge in [0.15, 0.2) is 0 Å². The standard InChI is InChI=1S/C27H30N2O3/c30-23-16-15-19-9-7-8-14-22(19)25(23)26(20-10-3-1-4-11-20)29-24(31)17-18-28-27(32)21-12-5-2-6-13-21/h1,3-4,7-11,14-16,21,26,30H,2,5-6,12-13,17-18H2,(H,28,32)(H,29,31). The summed E-state index contributed by atoms with van der Waals surface area (Å²) in [6.45, 7) is 0.310. The normalized spacial score (nSPS) is 15.2. The van der Waals surface area contributed by atoms with Gasteiger partial charge < -0.3 is 15.7 Å². The van der Waals surface area contributed by atoms with Crippen molar-refractivity contribution >= 4 is 22.6 Å². The van der Waals surface area contributed by atoms with Gasteiger partial charge in [0.25, 0.3) is 0 Å². The van der Waals surface area contributed by atoms with Gasteiger partial charge in [0.1, 0.15) is 5.75 Å². The minimum Gasteiger partial charge on any atom is -0.508 e. The predicted octanol–water partition coefficient (Wildman–Crippen LogP) is 4.84. The van der Waals surface area contributed by atoms with Gasteiger partial charge in [-0.05, 0) is 35.2 Å². The summed E-state index contributed by atoms with van der Waals surface area (Å²) < 4.78 is 0. The molecule has 0 aromatic heterocycles. The lowest BCUT2D eigenvalue weighted by molar-refractivity contribution is -0.126. The number of nitrogens with one attached hydrogen (secondary N) is 2. The Morgan fingerprint density at radius 1 is 0.906 bits per heavy atom. The molecule has 3 aromatic rings. The lowest BCUT2D eigenvalue weighted by Crippen LogP contribution is -2.36. The Balaban J connectivity index is 1.50. The Hall–Kier alpha value is -3.34. The highest BCUT2D eigenvalue weighted by molar-refractivity contribution is 5.89. The van der Waals surface area contributed by atoms with Crippen molar-refractivity contribution in [1.82, 2.24) is 10.6 Å². The molecule has 0 radical (unpaired) electrons. The number of carbonyl (C=O) groups excluding carboxylic acids is 2. The molecule has 1 unspecified atom stereocenters. The fourth-order valence-corrected chi connectivity index (χ4v) is 4.60. The molecule has 32 heavy (non-hydrogen) atoms. The second-order valence-corrected chi connectivity index (χ2v) is 8.51. The van der Waals surface area contributed by atoms with E-state index >= 15 is 0 Å². The minimum atomic E-state index is -0.496. The highest BCUT2D eigenvalue weighted by Crippen LogP contribution is 2.35. The van der Waals surface area contributed by atoms with Crippen molar-refractivity contribution < 1.29 is 14.7 Å². The molecule has 1 aliphatic rings. The second-order valence-electron chi connectivity index (χ2n) is 8.51. The fourth-order valence-electron chi connectivity index (χ4n) is 4.60. The van der Waals surface area contributed by atoms with Crippen molar-refractivity contribution in [2.45, 2.75) is 44.6 Å². The predicted molar refractivity (Wildman–Crippen MR) is 126 cm³/mol. The van der Waals surface area contributed by atoms with Gasteiger partial charge in [-0.1, -0.05) is 79.9 Å². The summed E-state index contributed by atoms with van der Waals surface area (Å²) in [7, 11) is 0. The van der Waals surface area contributed by atoms with Crippen molar-refractivity contribution in [3.63, 3.8) is 0 Å². The number of carbonyl (C=O) groups is 2. The zero-order valence-corrected chi connectivity index (χ0v) is 18.2. The molecule has 0 bridgehead atoms. The van der Waals surface area contributed by atoms with Crippen molar-refractivity contribution in [1.29, 1.82) is 0 Å². The second kappa shape index (κ2) is 10.3. The number of rotatable bonds is 7. The molecule has 4 rings (SSSR count). The first kappa shape index (κ1) is 21.9. The van der Waals surface area contributed by atoms with Crippen LogP contribution in [0.3, 0.4) is 0 Å². The molecule has 1 fully saturated rings. The first-order chi connectivity index (χ1) is 15.6. The largest absolute Gasteiger partial charge is 0.508 e. The number of benzene rings is 3. The molecule has 1 aliphatic carbocycles. The van der Waals surface area contributed by atoms with Gasteiger partial charge in [0.05, 0.1) is 6.04 Å². The van der Waals surface area contributed by atoms with Crippen LogP contribution in [-0.2, 0) is 9.59 Å². The maximum atomic E-state index is 12.9. The van der Waals surface area contributed by atoms with Crippen LogP contribution in [0.2, 0.25) is 0 Å². The summed E-state index contributed by atoms with van der Waals surface area (Å²) in [6, 6.07) is 20.5. The van der Waals surface area contributed by atoms with Crippen LogP contribution < -0.4 is 10.6 Å². The molecule has 3 aromatic carbocycles. The van der Waals surface area contributed by atoms with E-state index in [9.17, 15) is 14.7 Å². The number of phenolic OH excluding ortho intramolecular Hbond substituents is 1. The Morgan fingerprint density at radius 3 is 2.41 bits per heavy atom. The monoisotopic (exact) mass is 430 g/mol. The molecule has 166 valence electrons. The molecule has 0 saturated heterocycles. The third kappa shape index (κ3) is 5.10. The van der Waals surface area contributed by atoms with Gasteiger partial charge in [0, 0.05) is 24.4 Å². The van der Waals surface area contributed by atoms with Crippen LogP contribution in [0.1, 0.15) is 55.7 Å². The number of amides is 2. The summed E-state index contributed by atoms with van der Waals surface area (Å²) in [6.07, 6.45) is 5.47. The smallest absolute Gasteiger partial charge is 0.223 e. The van der Waals surface area contributed by atoms with E-state index in [0.717, 1.165) is 42.0 Å². The van der Waals surface area contributed by atoms with E-state index < -0.39 is 6.04 Å². The third-order valence-electron chi connectivity index (χ3n) is 6.30. The van der Waals surface area contributed by atoms with E-state index in [1.165, 1.54) is 6.42 Å². The van der Waals surface area contributed by atoms with Crippen LogP contribution in [-0.4, -0.2) is 23.5 Å². The summed E-state index contributed by atoms with van der Waals surface area (Å²) in [5, 5.41) is 18.6. The number of phenols is 1. The summed E-state index contributed by atoms with van der Waals surface area (Å²) in [5.74, 6) is 0.110. The average molecular weight is 431 g/mol. The topological polar surface area (TPSA) is 78.4 Å². The molecule has 3 N–H and O–H groups in total. The Morgan fingerprint density at radius 2 is 1.62 bits per heavy atom. The molecule has 0 aliphatic heterocycles. The quantitative estimate of drug-likeness (QED) is 0.502. The van der Waals surface area contributed by atoms with Crippen LogP contribution in [0.5, 0.6) is 5.75 Å². The van der Waals surface area contributed by atoms with Crippen LogP contribution in [0.25, 0.3) is 10.8 Å². The first-order valence-electron chi connectivity index (χ1n) is 11.5. The number of hydrogen-bond donors (Lipinski definition) is 3. The van der Waals surface area contributed by atoms with Gasteiger partial charge in [0.2, 0.25) is 11.8 Å². The first-order valence-corrected chi connectivity index (χ1v) is 11.5. The molecule has 2 amide bonds. The number of aromatic hydroxyl groups is 1. The Kier molecular flexibility index (Phi) is 7.05. The maximum Gasteiger partial charge on any atom is 0.223 e. The molecular weight excluding hydrogens is 400 g/mol. The molecule has 5 nitrogen and oxygen atoms in total. The minimum absolute atomic E-state index is 0.0591. The maximum absolute atomic E-state index is 12.9. The van der Waals surface area contributed by atoms with Crippen molar-refractivity contribution in [2.24, 2.45) is 5.92 Å². The SMILES string of the molecule is O=C(CCNC(=O)C1CCCCC1)NC(c1ccccc1)c1c(O)ccc2ccccc12. The van der Waals surface area contributed by atoms with E-state index in [2.05, 4.69) is 10.6 Å². The highest BCUT2D eigenvalue weighted by Gasteiger charge is 2.23. The van der Waals surface area contributed by atoms with E-state index in [1.807, 2.05) is 60.7 Å². The van der Waals surface area contributed by atoms with E-state index in [0.29, 0.717) is 12.1 Å². The lowest BCUT2D eigenvalue weighted by Gasteiger charge is -2.23. The highest BCUT2D eigenvalue weighted by atomic mass is 16.3. The Bertz CT molecular complexity index is 1070. The van der Waals surface area contributed by atoms with Gasteiger partial charge in [-0.2, -0.15) is 0 Å². The summed E-state index contributed by atoms with van der Waals surface area (Å²) in [5.41, 5.74) is 1.56. The van der Waals surface area contributed by atoms with Gasteiger partial charge in [-0.3, -0.25) is 9.59 Å². The van der Waals surface area contributed by atoms with Crippen molar-refractivity contribution in [3.8, 4) is 5.75 Å². The van der Waals surface area contributed by atoms with Gasteiger partial charge in [-0.25, -0.2) is 0 Å². The zero-order chi connectivity index (χ0) is 22.3. The van der Waals surface area contributed by atoms with Gasteiger partial charge >= 0.3 is 0 Å². The van der Waals surface area contributed by atoms with E-state index in [4.69, 9.17) is 0 Å². The lowest BCUT2D eigenvalue weighted by atomic mass is 9.89. The van der Waals surface area contributed by atoms with Crippen LogP contribution >= 0.6 is 0 Å². The van der Waals surface area contributed by atoms with Crippen molar-refractivity contribution in [3.05, 3.63) is 77.9 Å². The molecule has 1 saturated carbocycles. The van der Waals surface area contributed by atoms with Crippen LogP contribution in [0.4, 0.5) is 0 Å². The molecule has 0 spiro atoms. The fraction of sp³-hybridized carbons (Fsp3) is 0.333.